The molecule has 2 aromatic rings. The average Bonchev–Trinajstić information content (AvgIpc) is 2.48. The Hall–Kier alpha value is -2.63. The number of hydrogen-bond acceptors (Lipinski definition) is 4. The van der Waals surface area contributed by atoms with E-state index in [-0.39, 0.29) is 5.56 Å². The van der Waals surface area contributed by atoms with Gasteiger partial charge in [0.05, 0.1) is 19.3 Å². The van der Waals surface area contributed by atoms with Crippen LogP contribution in [0.15, 0.2) is 30.3 Å². The van der Waals surface area contributed by atoms with Gasteiger partial charge in [-0.15, -0.1) is 0 Å². The molecule has 6 heteroatoms. The minimum Gasteiger partial charge on any atom is -0.481 e. The van der Waals surface area contributed by atoms with Crippen LogP contribution in [0.3, 0.4) is 0 Å². The zero-order valence-electron chi connectivity index (χ0n) is 11.8. The van der Waals surface area contributed by atoms with Gasteiger partial charge >= 0.3 is 0 Å². The van der Waals surface area contributed by atoms with Crippen LogP contribution in [0.2, 0.25) is 0 Å². The second-order valence-electron chi connectivity index (χ2n) is 4.52. The molecular formula is C15H16FN3O2. The highest BCUT2D eigenvalue weighted by molar-refractivity contribution is 5.94. The number of anilines is 1. The molecule has 5 nitrogen and oxygen atoms in total. The van der Waals surface area contributed by atoms with Crippen LogP contribution in [0.4, 0.5) is 10.1 Å². The maximum absolute atomic E-state index is 13.8. The summed E-state index contributed by atoms with van der Waals surface area (Å²) in [5.74, 6) is -0.646. The fraction of sp³-hybridized carbons (Fsp3) is 0.200. The molecule has 0 saturated heterocycles. The number of rotatable bonds is 5. The third-order valence-electron chi connectivity index (χ3n) is 3.08. The monoisotopic (exact) mass is 289 g/mol. The van der Waals surface area contributed by atoms with Gasteiger partial charge in [0.15, 0.2) is 0 Å². The number of amides is 1. The average molecular weight is 289 g/mol. The van der Waals surface area contributed by atoms with Gasteiger partial charge in [0.2, 0.25) is 11.8 Å². The quantitative estimate of drug-likeness (QED) is 0.885. The van der Waals surface area contributed by atoms with Gasteiger partial charge in [-0.3, -0.25) is 4.79 Å². The highest BCUT2D eigenvalue weighted by atomic mass is 19.1. The number of aromatic nitrogens is 1. The highest BCUT2D eigenvalue weighted by Gasteiger charge is 2.10. The minimum absolute atomic E-state index is 0.124. The van der Waals surface area contributed by atoms with Gasteiger partial charge in [0, 0.05) is 22.9 Å². The van der Waals surface area contributed by atoms with Crippen molar-refractivity contribution in [1.29, 1.82) is 0 Å². The molecule has 2 rings (SSSR count). The molecule has 110 valence electrons. The first-order chi connectivity index (χ1) is 10.0. The molecule has 1 amide bonds. The second kappa shape index (κ2) is 6.21. The number of benzene rings is 1. The summed E-state index contributed by atoms with van der Waals surface area (Å²) in [6, 6.07) is 8.03. The van der Waals surface area contributed by atoms with Crippen LogP contribution in [0, 0.1) is 12.7 Å². The summed E-state index contributed by atoms with van der Waals surface area (Å²) in [6.07, 6.45) is 0. The number of hydrogen-bond donors (Lipinski definition) is 2. The molecule has 0 fully saturated rings. The van der Waals surface area contributed by atoms with Crippen LogP contribution in [0.5, 0.6) is 5.88 Å². The Morgan fingerprint density at radius 3 is 2.86 bits per heavy atom. The summed E-state index contributed by atoms with van der Waals surface area (Å²) < 4.78 is 18.8. The molecule has 0 aliphatic carbocycles. The van der Waals surface area contributed by atoms with E-state index in [9.17, 15) is 9.18 Å². The smallest absolute Gasteiger partial charge is 0.248 e. The molecular weight excluding hydrogens is 273 g/mol. The number of halogens is 1. The predicted octanol–water partition coefficient (Wildman–Crippen LogP) is 2.25. The fourth-order valence-corrected chi connectivity index (χ4v) is 1.86. The molecule has 3 N–H and O–H groups in total. The van der Waals surface area contributed by atoms with E-state index in [0.717, 1.165) is 11.8 Å². The molecule has 0 spiro atoms. The summed E-state index contributed by atoms with van der Waals surface area (Å²) in [6.45, 7) is 2.00. The van der Waals surface area contributed by atoms with Crippen LogP contribution in [0.1, 0.15) is 21.6 Å². The Kier molecular flexibility index (Phi) is 4.37. The van der Waals surface area contributed by atoms with Crippen molar-refractivity contribution < 1.29 is 13.9 Å². The molecule has 1 aromatic heterocycles. The lowest BCUT2D eigenvalue weighted by atomic mass is 10.1. The van der Waals surface area contributed by atoms with Gasteiger partial charge in [-0.2, -0.15) is 0 Å². The first-order valence-corrected chi connectivity index (χ1v) is 6.35. The largest absolute Gasteiger partial charge is 0.481 e. The maximum atomic E-state index is 13.8. The van der Waals surface area contributed by atoms with Gasteiger partial charge < -0.3 is 15.8 Å². The third-order valence-corrected chi connectivity index (χ3v) is 3.08. The van der Waals surface area contributed by atoms with Gasteiger partial charge in [-0.05, 0) is 25.1 Å². The molecule has 0 unspecified atom stereocenters. The molecule has 0 bridgehead atoms. The van der Waals surface area contributed by atoms with Crippen LogP contribution in [-0.2, 0) is 6.54 Å². The predicted molar refractivity (Wildman–Crippen MR) is 77.8 cm³/mol. The van der Waals surface area contributed by atoms with Gasteiger partial charge in [-0.25, -0.2) is 9.37 Å². The minimum atomic E-state index is -0.670. The maximum Gasteiger partial charge on any atom is 0.248 e. The summed E-state index contributed by atoms with van der Waals surface area (Å²) in [5, 5.41) is 3.05. The molecule has 0 saturated carbocycles. The first-order valence-electron chi connectivity index (χ1n) is 6.35. The lowest BCUT2D eigenvalue weighted by Gasteiger charge is -2.12. The van der Waals surface area contributed by atoms with E-state index in [0.29, 0.717) is 23.7 Å². The molecule has 0 aliphatic rings. The van der Waals surface area contributed by atoms with Crippen LogP contribution >= 0.6 is 0 Å². The summed E-state index contributed by atoms with van der Waals surface area (Å²) in [5.41, 5.74) is 6.97. The van der Waals surface area contributed by atoms with Crippen molar-refractivity contribution in [1.82, 2.24) is 4.98 Å². The number of nitrogens with two attached hydrogens (primary N) is 1. The highest BCUT2D eigenvalue weighted by Crippen LogP contribution is 2.21. The van der Waals surface area contributed by atoms with Gasteiger partial charge in [-0.1, -0.05) is 6.07 Å². The van der Waals surface area contributed by atoms with Crippen molar-refractivity contribution in [3.05, 3.63) is 53.0 Å². The molecule has 1 heterocycles. The number of nitrogens with one attached hydrogen (secondary N) is 1. The van der Waals surface area contributed by atoms with E-state index < -0.39 is 11.7 Å². The van der Waals surface area contributed by atoms with E-state index in [2.05, 4.69) is 10.3 Å². The summed E-state index contributed by atoms with van der Waals surface area (Å²) in [7, 11) is 1.54. The number of ether oxygens (including phenoxy) is 1. The van der Waals surface area contributed by atoms with E-state index >= 15 is 0 Å². The zero-order valence-corrected chi connectivity index (χ0v) is 11.8. The lowest BCUT2D eigenvalue weighted by Crippen LogP contribution is -2.13. The zero-order chi connectivity index (χ0) is 15.4. The van der Waals surface area contributed by atoms with E-state index in [1.54, 1.807) is 13.0 Å². The van der Waals surface area contributed by atoms with Crippen molar-refractivity contribution in [2.24, 2.45) is 5.73 Å². The van der Waals surface area contributed by atoms with Crippen molar-refractivity contribution >= 4 is 11.6 Å². The number of carbonyl (C=O) groups is 1. The van der Waals surface area contributed by atoms with Gasteiger partial charge in [0.25, 0.3) is 0 Å². The van der Waals surface area contributed by atoms with E-state index in [1.165, 1.54) is 13.2 Å². The fourth-order valence-electron chi connectivity index (χ4n) is 1.86. The topological polar surface area (TPSA) is 77.2 Å². The Labute approximate surface area is 121 Å². The Bertz CT molecular complexity index is 674. The number of nitrogens with zero attached hydrogens (tertiary/aromatic N) is 1. The molecule has 1 aromatic carbocycles. The van der Waals surface area contributed by atoms with E-state index in [1.807, 2.05) is 12.1 Å². The van der Waals surface area contributed by atoms with Crippen molar-refractivity contribution in [2.45, 2.75) is 13.5 Å². The number of pyridine rings is 1. The normalized spacial score (nSPS) is 10.2. The Morgan fingerprint density at radius 1 is 1.43 bits per heavy atom. The Morgan fingerprint density at radius 2 is 2.19 bits per heavy atom. The van der Waals surface area contributed by atoms with Crippen molar-refractivity contribution in [3.63, 3.8) is 0 Å². The molecule has 21 heavy (non-hydrogen) atoms. The van der Waals surface area contributed by atoms with E-state index in [4.69, 9.17) is 10.5 Å². The van der Waals surface area contributed by atoms with Crippen LogP contribution in [-0.4, -0.2) is 18.0 Å². The SMILES string of the molecule is COc1cccc(CNc2cc(C(N)=O)cc(F)c2C)n1. The lowest BCUT2D eigenvalue weighted by molar-refractivity contribution is 0.1000. The van der Waals surface area contributed by atoms with Crippen LogP contribution < -0.4 is 15.8 Å². The Balaban J connectivity index is 2.21. The van der Waals surface area contributed by atoms with Crippen molar-refractivity contribution in [2.75, 3.05) is 12.4 Å². The molecule has 0 radical (unpaired) electrons. The molecule has 0 atom stereocenters. The second-order valence-corrected chi connectivity index (χ2v) is 4.52. The molecule has 0 aliphatic heterocycles. The van der Waals surface area contributed by atoms with Crippen LogP contribution in [0.25, 0.3) is 0 Å². The first kappa shape index (κ1) is 14.8. The summed E-state index contributed by atoms with van der Waals surface area (Å²) in [4.78, 5) is 15.4. The van der Waals surface area contributed by atoms with Gasteiger partial charge in [0.1, 0.15) is 5.82 Å². The standard InChI is InChI=1S/C15H16FN3O2/c1-9-12(16)6-10(15(17)20)7-13(9)18-8-11-4-3-5-14(19-11)21-2/h3-7,18H,8H2,1-2H3,(H2,17,20). The number of methoxy groups -OCH3 is 1. The number of carbonyl (C=O) groups excluding carboxylic acids is 1. The summed E-state index contributed by atoms with van der Waals surface area (Å²) >= 11 is 0. The number of primary amides is 1. The van der Waals surface area contributed by atoms with Crippen molar-refractivity contribution in [3.8, 4) is 5.88 Å². The third kappa shape index (κ3) is 3.47.